The fourth-order valence-electron chi connectivity index (χ4n) is 3.44. The second-order valence-corrected chi connectivity index (χ2v) is 6.88. The minimum Gasteiger partial charge on any atom is -0.339 e. The number of hydrogen-bond acceptors (Lipinski definition) is 4. The summed E-state index contributed by atoms with van der Waals surface area (Å²) in [4.78, 5) is 29.4. The number of nitrogens with zero attached hydrogens (tertiary/aromatic N) is 4. The van der Waals surface area contributed by atoms with Crippen LogP contribution in [0.15, 0.2) is 23.0 Å². The van der Waals surface area contributed by atoms with E-state index in [9.17, 15) is 9.59 Å². The van der Waals surface area contributed by atoms with Crippen LogP contribution in [0.5, 0.6) is 0 Å². The number of aromatic amines is 1. The van der Waals surface area contributed by atoms with Crippen LogP contribution in [0.2, 0.25) is 5.02 Å². The molecule has 2 aromatic heterocycles. The first-order valence-corrected chi connectivity index (χ1v) is 8.49. The molecular weight excluding hydrogens is 342 g/mol. The Balaban J connectivity index is 1.94. The van der Waals surface area contributed by atoms with Gasteiger partial charge in [-0.05, 0) is 19.2 Å². The molecule has 0 atom stereocenters. The lowest BCUT2D eigenvalue weighted by molar-refractivity contribution is 0.0659. The fraction of sp³-hybridized carbons (Fsp3) is 0.353. The van der Waals surface area contributed by atoms with E-state index in [1.165, 1.54) is 0 Å². The van der Waals surface area contributed by atoms with Crippen LogP contribution < -0.4 is 5.56 Å². The van der Waals surface area contributed by atoms with E-state index in [0.29, 0.717) is 29.0 Å². The fourth-order valence-corrected chi connectivity index (χ4v) is 3.61. The van der Waals surface area contributed by atoms with E-state index in [4.69, 9.17) is 11.6 Å². The number of rotatable bonds is 1. The first-order chi connectivity index (χ1) is 12.0. The quantitative estimate of drug-likeness (QED) is 0.713. The number of aryl methyl sites for hydroxylation is 1. The number of halogens is 1. The third kappa shape index (κ3) is 2.51. The summed E-state index contributed by atoms with van der Waals surface area (Å²) in [5.74, 6) is -0.156. The minimum atomic E-state index is -0.320. The van der Waals surface area contributed by atoms with Crippen molar-refractivity contribution in [3.05, 3.63) is 39.3 Å². The molecule has 1 saturated heterocycles. The number of piperazine rings is 1. The summed E-state index contributed by atoms with van der Waals surface area (Å²) in [6.07, 6.45) is 0. The van der Waals surface area contributed by atoms with Crippen LogP contribution >= 0.6 is 11.6 Å². The molecule has 1 aliphatic rings. The molecule has 8 heteroatoms. The highest BCUT2D eigenvalue weighted by atomic mass is 35.5. The number of carbonyl (C=O) groups is 1. The van der Waals surface area contributed by atoms with Crippen molar-refractivity contribution in [2.24, 2.45) is 7.05 Å². The molecule has 7 nitrogen and oxygen atoms in total. The third-order valence-corrected chi connectivity index (χ3v) is 5.11. The van der Waals surface area contributed by atoms with Crippen molar-refractivity contribution in [1.29, 1.82) is 0 Å². The minimum absolute atomic E-state index is 0.156. The lowest BCUT2D eigenvalue weighted by Crippen LogP contribution is -2.47. The number of aromatic nitrogens is 3. The first-order valence-electron chi connectivity index (χ1n) is 8.11. The highest BCUT2D eigenvalue weighted by Crippen LogP contribution is 2.30. The summed E-state index contributed by atoms with van der Waals surface area (Å²) < 4.78 is 1.76. The molecular formula is C17H18ClN5O2. The van der Waals surface area contributed by atoms with Crippen molar-refractivity contribution < 1.29 is 4.79 Å². The molecule has 1 amide bonds. The molecule has 1 aromatic carbocycles. The third-order valence-electron chi connectivity index (χ3n) is 4.88. The van der Waals surface area contributed by atoms with Crippen molar-refractivity contribution in [3.63, 3.8) is 0 Å². The van der Waals surface area contributed by atoms with Gasteiger partial charge in [0.1, 0.15) is 5.52 Å². The summed E-state index contributed by atoms with van der Waals surface area (Å²) in [7, 11) is 3.83. The molecule has 4 rings (SSSR count). The average Bonchev–Trinajstić information content (AvgIpc) is 2.89. The standard InChI is InChI=1S/C17H18ClN5O2/c1-21-5-7-23(8-6-21)17(25)14-13-11-4-3-10(18)9-12(11)22(2)15(13)16(24)20-19-14/h3-4,9H,5-8H2,1-2H3,(H,20,24). The summed E-state index contributed by atoms with van der Waals surface area (Å²) in [6.45, 7) is 2.94. The van der Waals surface area contributed by atoms with Gasteiger partial charge >= 0.3 is 0 Å². The normalized spacial score (nSPS) is 16.0. The molecule has 130 valence electrons. The van der Waals surface area contributed by atoms with Crippen LogP contribution in [0.1, 0.15) is 10.5 Å². The van der Waals surface area contributed by atoms with Crippen molar-refractivity contribution in [3.8, 4) is 0 Å². The SMILES string of the molecule is CN1CCN(C(=O)c2n[nH]c(=O)c3c2c2ccc(Cl)cc2n3C)CC1. The topological polar surface area (TPSA) is 74.2 Å². The summed E-state index contributed by atoms with van der Waals surface area (Å²) in [5, 5.41) is 8.54. The Morgan fingerprint density at radius 3 is 2.64 bits per heavy atom. The van der Waals surface area contributed by atoms with Crippen molar-refractivity contribution >= 4 is 39.3 Å². The maximum absolute atomic E-state index is 13.0. The molecule has 1 N–H and O–H groups in total. The van der Waals surface area contributed by atoms with Gasteiger partial charge in [-0.25, -0.2) is 5.10 Å². The number of carbonyl (C=O) groups excluding carboxylic acids is 1. The maximum atomic E-state index is 13.0. The molecule has 1 fully saturated rings. The van der Waals surface area contributed by atoms with E-state index in [1.54, 1.807) is 28.6 Å². The molecule has 0 bridgehead atoms. The second-order valence-electron chi connectivity index (χ2n) is 6.44. The van der Waals surface area contributed by atoms with Crippen LogP contribution in [-0.2, 0) is 7.05 Å². The average molecular weight is 360 g/mol. The van der Waals surface area contributed by atoms with Crippen LogP contribution in [0.3, 0.4) is 0 Å². The number of hydrogen-bond donors (Lipinski definition) is 1. The number of amides is 1. The van der Waals surface area contributed by atoms with E-state index < -0.39 is 0 Å². The van der Waals surface area contributed by atoms with Gasteiger partial charge in [-0.2, -0.15) is 5.10 Å². The van der Waals surface area contributed by atoms with Gasteiger partial charge in [0.05, 0.1) is 5.52 Å². The second kappa shape index (κ2) is 5.86. The molecule has 25 heavy (non-hydrogen) atoms. The molecule has 0 spiro atoms. The van der Waals surface area contributed by atoms with Crippen LogP contribution in [0.25, 0.3) is 21.8 Å². The number of H-pyrrole nitrogens is 1. The van der Waals surface area contributed by atoms with Crippen LogP contribution in [0.4, 0.5) is 0 Å². The Kier molecular flexibility index (Phi) is 3.77. The summed E-state index contributed by atoms with van der Waals surface area (Å²) in [5.41, 5.74) is 1.20. The van der Waals surface area contributed by atoms with Crippen LogP contribution in [0, 0.1) is 0 Å². The zero-order valence-corrected chi connectivity index (χ0v) is 14.8. The van der Waals surface area contributed by atoms with Crippen molar-refractivity contribution in [2.75, 3.05) is 33.2 Å². The zero-order valence-electron chi connectivity index (χ0n) is 14.0. The van der Waals surface area contributed by atoms with E-state index in [0.717, 1.165) is 24.0 Å². The Bertz CT molecular complexity index is 1050. The van der Waals surface area contributed by atoms with E-state index in [-0.39, 0.29) is 17.2 Å². The summed E-state index contributed by atoms with van der Waals surface area (Å²) >= 11 is 6.10. The molecule has 0 radical (unpaired) electrons. The first kappa shape index (κ1) is 16.1. The lowest BCUT2D eigenvalue weighted by Gasteiger charge is -2.32. The monoisotopic (exact) mass is 359 g/mol. The van der Waals surface area contributed by atoms with Gasteiger partial charge in [0, 0.05) is 49.0 Å². The number of fused-ring (bicyclic) bond motifs is 3. The molecule has 3 aromatic rings. The Labute approximate surface area is 148 Å². The smallest absolute Gasteiger partial charge is 0.288 e. The van der Waals surface area contributed by atoms with Crippen LogP contribution in [-0.4, -0.2) is 63.7 Å². The van der Waals surface area contributed by atoms with Gasteiger partial charge in [-0.1, -0.05) is 17.7 Å². The number of benzene rings is 1. The van der Waals surface area contributed by atoms with E-state index in [1.807, 2.05) is 13.1 Å². The number of nitrogens with one attached hydrogen (secondary N) is 1. The Morgan fingerprint density at radius 2 is 1.92 bits per heavy atom. The van der Waals surface area contributed by atoms with E-state index >= 15 is 0 Å². The van der Waals surface area contributed by atoms with Gasteiger partial charge in [0.2, 0.25) is 0 Å². The molecule has 0 aliphatic carbocycles. The van der Waals surface area contributed by atoms with Gasteiger partial charge in [-0.3, -0.25) is 9.59 Å². The van der Waals surface area contributed by atoms with Gasteiger partial charge in [0.25, 0.3) is 11.5 Å². The maximum Gasteiger partial charge on any atom is 0.288 e. The number of likely N-dealkylation sites (N-methyl/N-ethyl adjacent to an activating group) is 1. The summed E-state index contributed by atoms with van der Waals surface area (Å²) in [6, 6.07) is 5.39. The molecule has 0 unspecified atom stereocenters. The molecule has 1 aliphatic heterocycles. The highest BCUT2D eigenvalue weighted by Gasteiger charge is 2.26. The zero-order chi connectivity index (χ0) is 17.7. The predicted molar refractivity (Wildman–Crippen MR) is 97.3 cm³/mol. The highest BCUT2D eigenvalue weighted by molar-refractivity contribution is 6.31. The predicted octanol–water partition coefficient (Wildman–Crippen LogP) is 1.46. The Hall–Kier alpha value is -2.38. The lowest BCUT2D eigenvalue weighted by atomic mass is 10.1. The van der Waals surface area contributed by atoms with Gasteiger partial charge in [0.15, 0.2) is 5.69 Å². The molecule has 0 saturated carbocycles. The Morgan fingerprint density at radius 1 is 1.20 bits per heavy atom. The largest absolute Gasteiger partial charge is 0.339 e. The van der Waals surface area contributed by atoms with Crippen molar-refractivity contribution in [1.82, 2.24) is 24.6 Å². The van der Waals surface area contributed by atoms with Gasteiger partial charge in [-0.15, -0.1) is 0 Å². The molecule has 3 heterocycles. The van der Waals surface area contributed by atoms with E-state index in [2.05, 4.69) is 15.1 Å². The van der Waals surface area contributed by atoms with Gasteiger partial charge < -0.3 is 14.4 Å². The van der Waals surface area contributed by atoms with Crippen molar-refractivity contribution in [2.45, 2.75) is 0 Å².